The van der Waals surface area contributed by atoms with Crippen LogP contribution in [0.25, 0.3) is 11.5 Å². The number of benzene rings is 3. The minimum atomic E-state index is -0.319. The van der Waals surface area contributed by atoms with Gasteiger partial charge < -0.3 is 14.8 Å². The third kappa shape index (κ3) is 4.17. The smallest absolute Gasteiger partial charge is 0.307 e. The number of halogens is 1. The van der Waals surface area contributed by atoms with Crippen molar-refractivity contribution in [1.82, 2.24) is 19.2 Å². The number of fused-ring (bicyclic) bond motifs is 3. The molecule has 0 spiro atoms. The van der Waals surface area contributed by atoms with Crippen LogP contribution in [0, 0.1) is 20.8 Å². The molecule has 0 saturated carbocycles. The van der Waals surface area contributed by atoms with Crippen LogP contribution >= 0.6 is 11.6 Å². The average molecular weight is 522 g/mol. The van der Waals surface area contributed by atoms with Gasteiger partial charge in [-0.25, -0.2) is 9.48 Å². The Morgan fingerprint density at radius 2 is 1.76 bits per heavy atom. The molecule has 7 heteroatoms. The summed E-state index contributed by atoms with van der Waals surface area (Å²) in [4.78, 5) is 16.0. The molecule has 190 valence electrons. The summed E-state index contributed by atoms with van der Waals surface area (Å²) < 4.78 is 4.15. The monoisotopic (exact) mass is 521 g/mol. The zero-order chi connectivity index (χ0) is 26.4. The number of nitrogens with one attached hydrogen (secondary N) is 1. The lowest BCUT2D eigenvalue weighted by Crippen LogP contribution is -2.38. The lowest BCUT2D eigenvalue weighted by atomic mass is 10.00. The predicted octanol–water partition coefficient (Wildman–Crippen LogP) is 7.38. The molecule has 0 fully saturated rings. The number of anilines is 1. The van der Waals surface area contributed by atoms with Crippen LogP contribution in [0.1, 0.15) is 39.7 Å². The van der Waals surface area contributed by atoms with Crippen molar-refractivity contribution in [2.75, 3.05) is 5.32 Å². The zero-order valence-electron chi connectivity index (χ0n) is 21.5. The van der Waals surface area contributed by atoms with E-state index in [-0.39, 0.29) is 12.1 Å². The Balaban J connectivity index is 1.54. The molecule has 0 aliphatic carbocycles. The molecule has 1 atom stereocenters. The average Bonchev–Trinajstić information content (AvgIpc) is 3.47. The molecule has 2 amide bonds. The number of carbonyl (C=O) groups is 1. The van der Waals surface area contributed by atoms with Crippen molar-refractivity contribution in [3.8, 4) is 11.5 Å². The molecule has 0 saturated heterocycles. The summed E-state index contributed by atoms with van der Waals surface area (Å²) in [5.74, 6) is 0.945. The van der Waals surface area contributed by atoms with Gasteiger partial charge in [0.1, 0.15) is 5.82 Å². The quantitative estimate of drug-likeness (QED) is 0.269. The van der Waals surface area contributed by atoms with Crippen molar-refractivity contribution in [3.63, 3.8) is 0 Å². The molecule has 0 bridgehead atoms. The van der Waals surface area contributed by atoms with Gasteiger partial charge in [0, 0.05) is 22.5 Å². The summed E-state index contributed by atoms with van der Waals surface area (Å²) in [5.41, 5.74) is 7.67. The highest BCUT2D eigenvalue weighted by Gasteiger charge is 2.36. The maximum atomic E-state index is 14.1. The Hall–Kier alpha value is -4.29. The van der Waals surface area contributed by atoms with Gasteiger partial charge in [-0.3, -0.25) is 0 Å². The number of aromatic nitrogens is 3. The summed E-state index contributed by atoms with van der Waals surface area (Å²) in [6, 6.07) is 27.6. The van der Waals surface area contributed by atoms with Crippen molar-refractivity contribution in [3.05, 3.63) is 130 Å². The molecule has 5 aromatic rings. The van der Waals surface area contributed by atoms with Crippen LogP contribution in [-0.2, 0) is 6.54 Å². The fraction of sp³-hybridized carbons (Fsp3) is 0.161. The molecular weight excluding hydrogens is 494 g/mol. The number of hydrogen-bond acceptors (Lipinski definition) is 2. The van der Waals surface area contributed by atoms with E-state index in [0.717, 1.165) is 45.1 Å². The molecule has 1 N–H and O–H groups in total. The number of carbonyl (C=O) groups excluding carboxylic acids is 1. The highest BCUT2D eigenvalue weighted by molar-refractivity contribution is 6.31. The minimum absolute atomic E-state index is 0.200. The molecular formula is C31H28ClN5O. The molecule has 38 heavy (non-hydrogen) atoms. The van der Waals surface area contributed by atoms with Gasteiger partial charge in [-0.15, -0.1) is 0 Å². The Bertz CT molecular complexity index is 1650. The van der Waals surface area contributed by atoms with Gasteiger partial charge in [0.2, 0.25) is 0 Å². The first-order valence-electron chi connectivity index (χ1n) is 12.6. The number of rotatable bonds is 3. The van der Waals surface area contributed by atoms with E-state index in [4.69, 9.17) is 16.7 Å². The number of amides is 2. The van der Waals surface area contributed by atoms with Crippen molar-refractivity contribution in [1.29, 1.82) is 0 Å². The van der Waals surface area contributed by atoms with E-state index in [9.17, 15) is 4.79 Å². The Kier molecular flexibility index (Phi) is 6.04. The summed E-state index contributed by atoms with van der Waals surface area (Å²) >= 11 is 6.28. The fourth-order valence-corrected chi connectivity index (χ4v) is 5.43. The van der Waals surface area contributed by atoms with Crippen LogP contribution in [0.2, 0.25) is 5.02 Å². The second kappa shape index (κ2) is 9.54. The standard InChI is InChI=1S/C31H28ClN5O/c1-20-9-7-10-23(17-20)29-28-13-8-16-35(28)30-26(22(3)34-37(30)25-11-5-4-6-12-25)19-36(29)31(38)33-27-18-24(32)15-14-21(27)2/h4-18,29H,19H2,1-3H3,(H,33,38)/t29-/m0/s1. The van der Waals surface area contributed by atoms with Gasteiger partial charge >= 0.3 is 6.03 Å². The van der Waals surface area contributed by atoms with Crippen molar-refractivity contribution in [2.45, 2.75) is 33.4 Å². The Morgan fingerprint density at radius 1 is 0.947 bits per heavy atom. The predicted molar refractivity (Wildman–Crippen MR) is 151 cm³/mol. The first-order chi connectivity index (χ1) is 18.4. The van der Waals surface area contributed by atoms with E-state index < -0.39 is 0 Å². The summed E-state index contributed by atoms with van der Waals surface area (Å²) in [6.45, 7) is 6.43. The van der Waals surface area contributed by atoms with Crippen LogP contribution in [0.5, 0.6) is 0 Å². The molecule has 3 aromatic carbocycles. The van der Waals surface area contributed by atoms with Gasteiger partial charge in [-0.2, -0.15) is 5.10 Å². The maximum Gasteiger partial charge on any atom is 0.322 e. The number of urea groups is 1. The van der Waals surface area contributed by atoms with E-state index in [1.54, 1.807) is 6.07 Å². The molecule has 1 aliphatic rings. The van der Waals surface area contributed by atoms with E-state index >= 15 is 0 Å². The summed E-state index contributed by atoms with van der Waals surface area (Å²) in [6.07, 6.45) is 2.06. The van der Waals surface area contributed by atoms with Crippen LogP contribution in [0.4, 0.5) is 10.5 Å². The zero-order valence-corrected chi connectivity index (χ0v) is 22.3. The molecule has 6 rings (SSSR count). The van der Waals surface area contributed by atoms with E-state index in [0.29, 0.717) is 17.3 Å². The first-order valence-corrected chi connectivity index (χ1v) is 13.0. The highest BCUT2D eigenvalue weighted by Crippen LogP contribution is 2.39. The lowest BCUT2D eigenvalue weighted by Gasteiger charge is -2.31. The largest absolute Gasteiger partial charge is 0.322 e. The second-order valence-corrected chi connectivity index (χ2v) is 10.2. The Labute approximate surface area is 227 Å². The van der Waals surface area contributed by atoms with E-state index in [2.05, 4.69) is 47.3 Å². The molecule has 6 nitrogen and oxygen atoms in total. The van der Waals surface area contributed by atoms with Crippen molar-refractivity contribution >= 4 is 23.3 Å². The third-order valence-electron chi connectivity index (χ3n) is 7.15. The van der Waals surface area contributed by atoms with Gasteiger partial charge in [0.25, 0.3) is 0 Å². The number of hydrogen-bond donors (Lipinski definition) is 1. The SMILES string of the molecule is Cc1cccc([C@H]2c3cccn3-c3c(c(C)nn3-c3ccccc3)CN2C(=O)Nc2cc(Cl)ccc2C)c1. The molecule has 2 aromatic heterocycles. The van der Waals surface area contributed by atoms with Crippen LogP contribution in [-0.4, -0.2) is 25.3 Å². The molecule has 0 radical (unpaired) electrons. The van der Waals surface area contributed by atoms with Crippen LogP contribution < -0.4 is 5.32 Å². The van der Waals surface area contributed by atoms with Crippen molar-refractivity contribution in [2.24, 2.45) is 0 Å². The van der Waals surface area contributed by atoms with Crippen LogP contribution in [0.15, 0.2) is 91.1 Å². The Morgan fingerprint density at radius 3 is 2.55 bits per heavy atom. The maximum absolute atomic E-state index is 14.1. The third-order valence-corrected chi connectivity index (χ3v) is 7.38. The molecule has 3 heterocycles. The highest BCUT2D eigenvalue weighted by atomic mass is 35.5. The first kappa shape index (κ1) is 24.1. The van der Waals surface area contributed by atoms with E-state index in [1.165, 1.54) is 0 Å². The van der Waals surface area contributed by atoms with Gasteiger partial charge in [-0.05, 0) is 68.3 Å². The van der Waals surface area contributed by atoms with Crippen LogP contribution in [0.3, 0.4) is 0 Å². The summed E-state index contributed by atoms with van der Waals surface area (Å²) in [7, 11) is 0. The second-order valence-electron chi connectivity index (χ2n) is 9.77. The van der Waals surface area contributed by atoms with Gasteiger partial charge in [-0.1, -0.05) is 65.7 Å². The normalized spacial score (nSPS) is 14.5. The lowest BCUT2D eigenvalue weighted by molar-refractivity contribution is 0.194. The van der Waals surface area contributed by atoms with Gasteiger partial charge in [0.05, 0.1) is 29.7 Å². The number of para-hydroxylation sites is 1. The van der Waals surface area contributed by atoms with Crippen molar-refractivity contribution < 1.29 is 4.79 Å². The number of aryl methyl sites for hydroxylation is 3. The molecule has 1 aliphatic heterocycles. The topological polar surface area (TPSA) is 55.1 Å². The fourth-order valence-electron chi connectivity index (χ4n) is 5.26. The minimum Gasteiger partial charge on any atom is -0.307 e. The summed E-state index contributed by atoms with van der Waals surface area (Å²) in [5, 5.41) is 8.64. The van der Waals surface area contributed by atoms with E-state index in [1.807, 2.05) is 78.0 Å². The van der Waals surface area contributed by atoms with Gasteiger partial charge in [0.15, 0.2) is 0 Å². The molecule has 0 unspecified atom stereocenters. The number of nitrogens with zero attached hydrogens (tertiary/aromatic N) is 4.